The standard InChI is InChI=1S/C23H24N6O/c24-23-19-2-1-3-20(18(19)6-8-26-23)27-13-17-4-5-22(28-14-17)30-15-16-7-10-29-11-9-25-21(29)12-16/h1-6,8-9,11,14,16,27H,7,10,12-13,15H2,(H2,24,26)/t16-/m1/s1. The molecule has 3 aromatic heterocycles. The minimum atomic E-state index is 0.483. The van der Waals surface area contributed by atoms with Crippen LogP contribution in [0.5, 0.6) is 5.88 Å². The molecule has 0 amide bonds. The lowest BCUT2D eigenvalue weighted by Gasteiger charge is -2.23. The van der Waals surface area contributed by atoms with E-state index in [1.165, 1.54) is 0 Å². The summed E-state index contributed by atoms with van der Waals surface area (Å²) >= 11 is 0. The second kappa shape index (κ2) is 8.02. The molecular formula is C23H24N6O. The van der Waals surface area contributed by atoms with Crippen LogP contribution in [0.2, 0.25) is 0 Å². The van der Waals surface area contributed by atoms with Crippen molar-refractivity contribution in [2.24, 2.45) is 5.92 Å². The predicted molar refractivity (Wildman–Crippen MR) is 117 cm³/mol. The summed E-state index contributed by atoms with van der Waals surface area (Å²) in [6.07, 6.45) is 9.57. The molecule has 0 bridgehead atoms. The highest BCUT2D eigenvalue weighted by Gasteiger charge is 2.19. The van der Waals surface area contributed by atoms with Gasteiger partial charge in [-0.2, -0.15) is 0 Å². The van der Waals surface area contributed by atoms with Crippen LogP contribution >= 0.6 is 0 Å². The fraction of sp³-hybridized carbons (Fsp3) is 0.261. The van der Waals surface area contributed by atoms with Gasteiger partial charge >= 0.3 is 0 Å². The van der Waals surface area contributed by atoms with Crippen molar-refractivity contribution in [2.75, 3.05) is 17.7 Å². The fourth-order valence-corrected chi connectivity index (χ4v) is 3.94. The number of rotatable bonds is 6. The normalized spacial score (nSPS) is 15.7. The number of nitrogen functional groups attached to an aromatic ring is 1. The molecule has 1 aromatic carbocycles. The van der Waals surface area contributed by atoms with Gasteiger partial charge in [-0.05, 0) is 24.1 Å². The van der Waals surface area contributed by atoms with E-state index in [0.717, 1.165) is 47.2 Å². The van der Waals surface area contributed by atoms with Crippen molar-refractivity contribution in [3.05, 3.63) is 72.6 Å². The van der Waals surface area contributed by atoms with Gasteiger partial charge in [0.2, 0.25) is 5.88 Å². The van der Waals surface area contributed by atoms with Crippen LogP contribution in [-0.2, 0) is 19.5 Å². The van der Waals surface area contributed by atoms with E-state index in [4.69, 9.17) is 10.5 Å². The van der Waals surface area contributed by atoms with Gasteiger partial charge in [-0.15, -0.1) is 0 Å². The number of benzene rings is 1. The summed E-state index contributed by atoms with van der Waals surface area (Å²) in [6, 6.07) is 12.0. The minimum Gasteiger partial charge on any atom is -0.477 e. The maximum absolute atomic E-state index is 5.98. The maximum Gasteiger partial charge on any atom is 0.213 e. The Kier molecular flexibility index (Phi) is 4.93. The summed E-state index contributed by atoms with van der Waals surface area (Å²) in [6.45, 7) is 2.35. The maximum atomic E-state index is 5.98. The summed E-state index contributed by atoms with van der Waals surface area (Å²) < 4.78 is 8.16. The number of ether oxygens (including phenoxy) is 1. The van der Waals surface area contributed by atoms with Crippen LogP contribution in [0, 0.1) is 5.92 Å². The zero-order chi connectivity index (χ0) is 20.3. The van der Waals surface area contributed by atoms with E-state index in [1.807, 2.05) is 55.0 Å². The highest BCUT2D eigenvalue weighted by molar-refractivity contribution is 5.99. The van der Waals surface area contributed by atoms with Gasteiger partial charge in [0.15, 0.2) is 0 Å². The Morgan fingerprint density at radius 2 is 2.03 bits per heavy atom. The van der Waals surface area contributed by atoms with Crippen molar-refractivity contribution in [2.45, 2.75) is 25.9 Å². The SMILES string of the molecule is Nc1nccc2c(NCc3ccc(OC[C@@H]4CCn5ccnc5C4)nc3)cccc12. The third-order valence-electron chi connectivity index (χ3n) is 5.64. The van der Waals surface area contributed by atoms with Crippen LogP contribution in [-0.4, -0.2) is 26.1 Å². The lowest BCUT2D eigenvalue weighted by Crippen LogP contribution is -2.24. The van der Waals surface area contributed by atoms with Crippen LogP contribution in [0.3, 0.4) is 0 Å². The molecule has 0 saturated carbocycles. The Labute approximate surface area is 174 Å². The molecule has 0 unspecified atom stereocenters. The third-order valence-corrected chi connectivity index (χ3v) is 5.64. The first kappa shape index (κ1) is 18.4. The summed E-state index contributed by atoms with van der Waals surface area (Å²) in [7, 11) is 0. The molecule has 5 rings (SSSR count). The van der Waals surface area contributed by atoms with Gasteiger partial charge in [0.25, 0.3) is 0 Å². The molecule has 152 valence electrons. The minimum absolute atomic E-state index is 0.483. The number of hydrogen-bond acceptors (Lipinski definition) is 6. The van der Waals surface area contributed by atoms with Crippen molar-refractivity contribution >= 4 is 22.3 Å². The number of aromatic nitrogens is 4. The number of imidazole rings is 1. The number of nitrogens with two attached hydrogens (primary N) is 1. The van der Waals surface area contributed by atoms with E-state index in [1.54, 1.807) is 6.20 Å². The number of hydrogen-bond donors (Lipinski definition) is 2. The molecule has 30 heavy (non-hydrogen) atoms. The Morgan fingerprint density at radius 1 is 1.07 bits per heavy atom. The molecule has 1 atom stereocenters. The van der Waals surface area contributed by atoms with Gasteiger partial charge in [-0.1, -0.05) is 18.2 Å². The highest BCUT2D eigenvalue weighted by Crippen LogP contribution is 2.26. The first-order valence-electron chi connectivity index (χ1n) is 10.2. The molecule has 0 fully saturated rings. The monoisotopic (exact) mass is 400 g/mol. The number of anilines is 2. The summed E-state index contributed by atoms with van der Waals surface area (Å²) in [5.41, 5.74) is 8.09. The van der Waals surface area contributed by atoms with Crippen molar-refractivity contribution in [3.63, 3.8) is 0 Å². The van der Waals surface area contributed by atoms with Crippen molar-refractivity contribution in [1.29, 1.82) is 0 Å². The largest absolute Gasteiger partial charge is 0.477 e. The summed E-state index contributed by atoms with van der Waals surface area (Å²) in [5, 5.41) is 5.48. The zero-order valence-electron chi connectivity index (χ0n) is 16.7. The molecule has 0 spiro atoms. The Hall–Kier alpha value is -3.61. The van der Waals surface area contributed by atoms with E-state index in [-0.39, 0.29) is 0 Å². The first-order valence-corrected chi connectivity index (χ1v) is 10.2. The van der Waals surface area contributed by atoms with Crippen LogP contribution in [0.1, 0.15) is 17.8 Å². The number of fused-ring (bicyclic) bond motifs is 2. The van der Waals surface area contributed by atoms with E-state index >= 15 is 0 Å². The number of nitrogens with one attached hydrogen (secondary N) is 1. The number of pyridine rings is 2. The zero-order valence-corrected chi connectivity index (χ0v) is 16.7. The van der Waals surface area contributed by atoms with Gasteiger partial charge < -0.3 is 20.4 Å². The predicted octanol–water partition coefficient (Wildman–Crippen LogP) is 3.66. The summed E-state index contributed by atoms with van der Waals surface area (Å²) in [4.78, 5) is 13.0. The molecule has 0 saturated heterocycles. The van der Waals surface area contributed by atoms with Gasteiger partial charge in [-0.3, -0.25) is 0 Å². The molecule has 0 aliphatic carbocycles. The van der Waals surface area contributed by atoms with Crippen molar-refractivity contribution in [3.8, 4) is 5.88 Å². The van der Waals surface area contributed by atoms with E-state index < -0.39 is 0 Å². The molecule has 1 aliphatic rings. The number of aryl methyl sites for hydroxylation is 1. The van der Waals surface area contributed by atoms with Gasteiger partial charge in [0.1, 0.15) is 11.6 Å². The average molecular weight is 400 g/mol. The topological polar surface area (TPSA) is 90.9 Å². The van der Waals surface area contributed by atoms with Crippen LogP contribution in [0.25, 0.3) is 10.8 Å². The molecule has 7 heteroatoms. The van der Waals surface area contributed by atoms with Crippen molar-refractivity contribution < 1.29 is 4.74 Å². The Morgan fingerprint density at radius 3 is 2.93 bits per heavy atom. The van der Waals surface area contributed by atoms with Crippen LogP contribution < -0.4 is 15.8 Å². The van der Waals surface area contributed by atoms with Gasteiger partial charge in [0.05, 0.1) is 6.61 Å². The third kappa shape index (κ3) is 3.78. The average Bonchev–Trinajstić information content (AvgIpc) is 3.25. The van der Waals surface area contributed by atoms with Gasteiger partial charge in [-0.25, -0.2) is 15.0 Å². The lowest BCUT2D eigenvalue weighted by molar-refractivity contribution is 0.212. The van der Waals surface area contributed by atoms with E-state index in [2.05, 4.69) is 24.8 Å². The van der Waals surface area contributed by atoms with Crippen LogP contribution in [0.15, 0.2) is 61.2 Å². The second-order valence-electron chi connectivity index (χ2n) is 7.66. The lowest BCUT2D eigenvalue weighted by atomic mass is 9.99. The molecule has 4 heterocycles. The fourth-order valence-electron chi connectivity index (χ4n) is 3.94. The summed E-state index contributed by atoms with van der Waals surface area (Å²) in [5.74, 6) is 2.84. The van der Waals surface area contributed by atoms with Crippen LogP contribution in [0.4, 0.5) is 11.5 Å². The Balaban J connectivity index is 1.18. The first-order chi connectivity index (χ1) is 14.8. The van der Waals surface area contributed by atoms with Crippen molar-refractivity contribution in [1.82, 2.24) is 19.5 Å². The molecule has 0 radical (unpaired) electrons. The van der Waals surface area contributed by atoms with E-state index in [0.29, 0.717) is 30.8 Å². The molecule has 1 aliphatic heterocycles. The quantitative estimate of drug-likeness (QED) is 0.513. The van der Waals surface area contributed by atoms with Gasteiger partial charge in [0, 0.05) is 72.7 Å². The smallest absolute Gasteiger partial charge is 0.213 e. The molecule has 7 nitrogen and oxygen atoms in total. The van der Waals surface area contributed by atoms with E-state index in [9.17, 15) is 0 Å². The molecule has 3 N–H and O–H groups in total. The molecular weight excluding hydrogens is 376 g/mol. The number of nitrogens with zero attached hydrogens (tertiary/aromatic N) is 4. The highest BCUT2D eigenvalue weighted by atomic mass is 16.5. The second-order valence-corrected chi connectivity index (χ2v) is 7.66. The molecule has 4 aromatic rings. The Bertz CT molecular complexity index is 1150.